The molecule has 118 valence electrons. The first-order chi connectivity index (χ1) is 11.0. The average Bonchev–Trinajstić information content (AvgIpc) is 2.97. The number of hydrogen-bond donors (Lipinski definition) is 1. The molecule has 2 aromatic heterocycles. The summed E-state index contributed by atoms with van der Waals surface area (Å²) in [6.45, 7) is 2.81. The van der Waals surface area contributed by atoms with E-state index in [9.17, 15) is 4.79 Å². The fourth-order valence-electron chi connectivity index (χ4n) is 2.42. The third-order valence-electron chi connectivity index (χ3n) is 3.60. The van der Waals surface area contributed by atoms with Crippen molar-refractivity contribution in [1.82, 2.24) is 19.5 Å². The van der Waals surface area contributed by atoms with Crippen molar-refractivity contribution < 1.29 is 4.79 Å². The zero-order valence-electron chi connectivity index (χ0n) is 13.4. The lowest BCUT2D eigenvalue weighted by atomic mass is 10.1. The molecule has 0 saturated carbocycles. The molecule has 0 saturated heterocycles. The monoisotopic (exact) mass is 309 g/mol. The normalized spacial score (nSPS) is 11.1. The van der Waals surface area contributed by atoms with Gasteiger partial charge in [-0.1, -0.05) is 12.1 Å². The van der Waals surface area contributed by atoms with E-state index in [1.54, 1.807) is 29.1 Å². The Morgan fingerprint density at radius 3 is 2.87 bits per heavy atom. The molecule has 6 heteroatoms. The lowest BCUT2D eigenvalue weighted by Crippen LogP contribution is -2.15. The van der Waals surface area contributed by atoms with Crippen LogP contribution >= 0.6 is 0 Å². The fourth-order valence-corrected chi connectivity index (χ4v) is 2.42. The summed E-state index contributed by atoms with van der Waals surface area (Å²) in [6, 6.07) is 9.64. The number of rotatable bonds is 4. The van der Waals surface area contributed by atoms with Crippen molar-refractivity contribution in [2.45, 2.75) is 13.5 Å². The minimum Gasteiger partial charge on any atom is -0.322 e. The van der Waals surface area contributed by atoms with Gasteiger partial charge in [0.25, 0.3) is 5.91 Å². The van der Waals surface area contributed by atoms with E-state index in [0.717, 1.165) is 23.4 Å². The molecule has 0 aliphatic rings. The first-order valence-corrected chi connectivity index (χ1v) is 7.38. The van der Waals surface area contributed by atoms with Crippen molar-refractivity contribution in [3.05, 3.63) is 59.5 Å². The maximum Gasteiger partial charge on any atom is 0.257 e. The number of anilines is 1. The Hall–Kier alpha value is -2.73. The number of carbonyl (C=O) groups excluding carboxylic acids is 1. The largest absolute Gasteiger partial charge is 0.322 e. The van der Waals surface area contributed by atoms with Gasteiger partial charge >= 0.3 is 0 Å². The summed E-state index contributed by atoms with van der Waals surface area (Å²) in [4.78, 5) is 14.6. The lowest BCUT2D eigenvalue weighted by molar-refractivity contribution is 0.102. The predicted octanol–water partition coefficient (Wildman–Crippen LogP) is 2.35. The van der Waals surface area contributed by atoms with Crippen LogP contribution in [0.2, 0.25) is 0 Å². The highest BCUT2D eigenvalue weighted by Crippen LogP contribution is 2.19. The zero-order valence-corrected chi connectivity index (χ0v) is 13.4. The van der Waals surface area contributed by atoms with Crippen LogP contribution in [0, 0.1) is 6.92 Å². The molecule has 0 bridgehead atoms. The topological polar surface area (TPSA) is 62.5 Å². The van der Waals surface area contributed by atoms with Crippen LogP contribution in [0.3, 0.4) is 0 Å². The van der Waals surface area contributed by atoms with Crippen LogP contribution in [0.15, 0.2) is 42.9 Å². The number of amides is 1. The second-order valence-corrected chi connectivity index (χ2v) is 5.86. The molecule has 3 aromatic rings. The first-order valence-electron chi connectivity index (χ1n) is 7.38. The molecule has 1 amide bonds. The summed E-state index contributed by atoms with van der Waals surface area (Å²) in [6.07, 6.45) is 3.30. The third kappa shape index (κ3) is 3.37. The Kier molecular flexibility index (Phi) is 4.08. The van der Waals surface area contributed by atoms with Gasteiger partial charge in [-0.25, -0.2) is 0 Å². The molecule has 1 aromatic carbocycles. The van der Waals surface area contributed by atoms with E-state index in [2.05, 4.69) is 26.5 Å². The molecule has 0 unspecified atom stereocenters. The van der Waals surface area contributed by atoms with Gasteiger partial charge in [0.1, 0.15) is 6.33 Å². The second kappa shape index (κ2) is 6.18. The molecule has 0 atom stereocenters. The fraction of sp³-hybridized carbons (Fsp3) is 0.235. The maximum atomic E-state index is 12.5. The van der Waals surface area contributed by atoms with Crippen LogP contribution in [-0.2, 0) is 6.54 Å². The minimum absolute atomic E-state index is 0.147. The molecule has 6 nitrogen and oxygen atoms in total. The highest BCUT2D eigenvalue weighted by molar-refractivity contribution is 6.04. The Balaban J connectivity index is 1.84. The standard InChI is InChI=1S/C17H19N5O/c1-12-4-5-13(9-21(2)3)8-15(12)19-17(23)14-6-7-16-20-18-11-22(16)10-14/h4-8,10-11H,9H2,1-3H3,(H,19,23). The highest BCUT2D eigenvalue weighted by atomic mass is 16.1. The molecule has 1 N–H and O–H groups in total. The first kappa shape index (κ1) is 15.2. The second-order valence-electron chi connectivity index (χ2n) is 5.86. The van der Waals surface area contributed by atoms with E-state index in [1.807, 2.05) is 33.2 Å². The van der Waals surface area contributed by atoms with E-state index in [-0.39, 0.29) is 5.91 Å². The molecule has 0 aliphatic heterocycles. The van der Waals surface area contributed by atoms with Crippen LogP contribution in [0.25, 0.3) is 5.65 Å². The van der Waals surface area contributed by atoms with Gasteiger partial charge in [0.2, 0.25) is 0 Å². The summed E-state index contributed by atoms with van der Waals surface area (Å²) in [5.41, 5.74) is 4.30. The maximum absolute atomic E-state index is 12.5. The van der Waals surface area contributed by atoms with Crippen molar-refractivity contribution in [3.8, 4) is 0 Å². The molecular formula is C17H19N5O. The summed E-state index contributed by atoms with van der Waals surface area (Å²) >= 11 is 0. The molecule has 0 aliphatic carbocycles. The van der Waals surface area contributed by atoms with Gasteiger partial charge in [-0.2, -0.15) is 0 Å². The van der Waals surface area contributed by atoms with Gasteiger partial charge in [-0.3, -0.25) is 9.20 Å². The smallest absolute Gasteiger partial charge is 0.257 e. The SMILES string of the molecule is Cc1ccc(CN(C)C)cc1NC(=O)c1ccc2nncn2c1. The van der Waals surface area contributed by atoms with Gasteiger partial charge in [-0.05, 0) is 50.3 Å². The summed E-state index contributed by atoms with van der Waals surface area (Å²) < 4.78 is 1.73. The van der Waals surface area contributed by atoms with E-state index < -0.39 is 0 Å². The van der Waals surface area contributed by atoms with Crippen LogP contribution in [0.4, 0.5) is 5.69 Å². The average molecular weight is 309 g/mol. The Morgan fingerprint density at radius 1 is 1.26 bits per heavy atom. The molecule has 2 heterocycles. The van der Waals surface area contributed by atoms with Crippen molar-refractivity contribution in [2.24, 2.45) is 0 Å². The number of pyridine rings is 1. The molecule has 0 spiro atoms. The molecule has 23 heavy (non-hydrogen) atoms. The third-order valence-corrected chi connectivity index (χ3v) is 3.60. The van der Waals surface area contributed by atoms with Crippen molar-refractivity contribution >= 4 is 17.2 Å². The van der Waals surface area contributed by atoms with Crippen molar-refractivity contribution in [3.63, 3.8) is 0 Å². The number of nitrogens with zero attached hydrogens (tertiary/aromatic N) is 4. The van der Waals surface area contributed by atoms with E-state index in [0.29, 0.717) is 11.2 Å². The zero-order chi connectivity index (χ0) is 16.4. The molecule has 0 radical (unpaired) electrons. The highest BCUT2D eigenvalue weighted by Gasteiger charge is 2.10. The van der Waals surface area contributed by atoms with E-state index in [1.165, 1.54) is 0 Å². The minimum atomic E-state index is -0.147. The van der Waals surface area contributed by atoms with Crippen molar-refractivity contribution in [1.29, 1.82) is 0 Å². The molecular weight excluding hydrogens is 290 g/mol. The van der Waals surface area contributed by atoms with Crippen LogP contribution in [-0.4, -0.2) is 39.5 Å². The number of carbonyl (C=O) groups is 1. The van der Waals surface area contributed by atoms with Crippen LogP contribution < -0.4 is 5.32 Å². The summed E-state index contributed by atoms with van der Waals surface area (Å²) in [7, 11) is 4.04. The number of nitrogens with one attached hydrogen (secondary N) is 1. The quantitative estimate of drug-likeness (QED) is 0.803. The molecule has 0 fully saturated rings. The van der Waals surface area contributed by atoms with E-state index >= 15 is 0 Å². The summed E-state index contributed by atoms with van der Waals surface area (Å²) in [5, 5.41) is 10.7. The van der Waals surface area contributed by atoms with Gasteiger partial charge in [-0.15, -0.1) is 10.2 Å². The van der Waals surface area contributed by atoms with Gasteiger partial charge in [0, 0.05) is 18.4 Å². The predicted molar refractivity (Wildman–Crippen MR) is 89.5 cm³/mol. The van der Waals surface area contributed by atoms with Crippen LogP contribution in [0.1, 0.15) is 21.5 Å². The van der Waals surface area contributed by atoms with Crippen molar-refractivity contribution in [2.75, 3.05) is 19.4 Å². The summed E-state index contributed by atoms with van der Waals surface area (Å²) in [5.74, 6) is -0.147. The van der Waals surface area contributed by atoms with Crippen LogP contribution in [0.5, 0.6) is 0 Å². The Morgan fingerprint density at radius 2 is 2.09 bits per heavy atom. The van der Waals surface area contributed by atoms with E-state index in [4.69, 9.17) is 0 Å². The molecule has 3 rings (SSSR count). The number of fused-ring (bicyclic) bond motifs is 1. The number of aromatic nitrogens is 3. The Bertz CT molecular complexity index is 853. The van der Waals surface area contributed by atoms with Gasteiger partial charge in [0.05, 0.1) is 5.56 Å². The number of hydrogen-bond acceptors (Lipinski definition) is 4. The van der Waals surface area contributed by atoms with Gasteiger partial charge < -0.3 is 10.2 Å². The number of aryl methyl sites for hydroxylation is 1. The van der Waals surface area contributed by atoms with Gasteiger partial charge in [0.15, 0.2) is 5.65 Å². The Labute approximate surface area is 134 Å². The number of benzene rings is 1. The lowest BCUT2D eigenvalue weighted by Gasteiger charge is -2.13.